The number of carbonyl (C=O) groups excluding carboxylic acids is 2. The summed E-state index contributed by atoms with van der Waals surface area (Å²) in [7, 11) is 0. The van der Waals surface area contributed by atoms with Gasteiger partial charge in [-0.25, -0.2) is 0 Å². The molecule has 1 aliphatic heterocycles. The van der Waals surface area contributed by atoms with Gasteiger partial charge in [0.2, 0.25) is 11.8 Å². The average Bonchev–Trinajstić information content (AvgIpc) is 2.39. The third-order valence-electron chi connectivity index (χ3n) is 4.19. The van der Waals surface area contributed by atoms with Crippen LogP contribution >= 0.6 is 0 Å². The Labute approximate surface area is 120 Å². The van der Waals surface area contributed by atoms with Crippen LogP contribution in [0, 0.1) is 5.92 Å². The highest BCUT2D eigenvalue weighted by Gasteiger charge is 2.26. The zero-order valence-electron chi connectivity index (χ0n) is 12.1. The summed E-state index contributed by atoms with van der Waals surface area (Å²) in [5.74, 6) is -0.151. The second-order valence-electron chi connectivity index (χ2n) is 5.93. The van der Waals surface area contributed by atoms with E-state index < -0.39 is 0 Å². The number of hydrogen-bond acceptors (Lipinski definition) is 4. The second kappa shape index (κ2) is 7.04. The number of ether oxygens (including phenoxy) is 1. The van der Waals surface area contributed by atoms with Crippen LogP contribution in [-0.4, -0.2) is 55.1 Å². The fourth-order valence-electron chi connectivity index (χ4n) is 3.03. The highest BCUT2D eigenvalue weighted by molar-refractivity contribution is 5.78. The molecule has 1 aliphatic carbocycles. The van der Waals surface area contributed by atoms with Gasteiger partial charge >= 0.3 is 0 Å². The Morgan fingerprint density at radius 3 is 2.60 bits per heavy atom. The summed E-state index contributed by atoms with van der Waals surface area (Å²) in [6.45, 7) is 4.77. The number of nitrogens with one attached hydrogen (secondary N) is 1. The lowest BCUT2D eigenvalue weighted by Gasteiger charge is -2.32. The van der Waals surface area contributed by atoms with Gasteiger partial charge in [-0.15, -0.1) is 0 Å². The van der Waals surface area contributed by atoms with Crippen LogP contribution in [0.1, 0.15) is 32.6 Å². The van der Waals surface area contributed by atoms with Gasteiger partial charge in [0.05, 0.1) is 19.3 Å². The Bertz CT molecular complexity index is 354. The van der Waals surface area contributed by atoms with E-state index in [9.17, 15) is 9.59 Å². The number of primary amides is 1. The van der Waals surface area contributed by atoms with Gasteiger partial charge in [-0.05, 0) is 32.6 Å². The van der Waals surface area contributed by atoms with E-state index in [0.717, 1.165) is 38.8 Å². The van der Waals surface area contributed by atoms with Crippen LogP contribution in [0.25, 0.3) is 0 Å². The highest BCUT2D eigenvalue weighted by atomic mass is 16.5. The number of carbonyl (C=O) groups is 2. The van der Waals surface area contributed by atoms with Crippen molar-refractivity contribution in [1.82, 2.24) is 10.2 Å². The number of amides is 2. The lowest BCUT2D eigenvalue weighted by molar-refractivity contribution is -0.125. The van der Waals surface area contributed by atoms with Gasteiger partial charge in [0.15, 0.2) is 0 Å². The molecule has 20 heavy (non-hydrogen) atoms. The maximum atomic E-state index is 12.0. The molecule has 6 nitrogen and oxygen atoms in total. The molecule has 0 bridgehead atoms. The lowest BCUT2D eigenvalue weighted by atomic mass is 9.85. The van der Waals surface area contributed by atoms with Crippen molar-refractivity contribution >= 4 is 11.8 Å². The van der Waals surface area contributed by atoms with Crippen molar-refractivity contribution < 1.29 is 14.3 Å². The summed E-state index contributed by atoms with van der Waals surface area (Å²) in [5, 5.41) is 3.07. The molecule has 0 aromatic rings. The summed E-state index contributed by atoms with van der Waals surface area (Å²) >= 11 is 0. The monoisotopic (exact) mass is 283 g/mol. The van der Waals surface area contributed by atoms with Gasteiger partial charge in [0.25, 0.3) is 0 Å². The Kier molecular flexibility index (Phi) is 5.37. The maximum absolute atomic E-state index is 12.0. The first-order chi connectivity index (χ1) is 9.54. The van der Waals surface area contributed by atoms with Crippen LogP contribution in [-0.2, 0) is 14.3 Å². The normalized spacial score (nSPS) is 31.8. The zero-order valence-corrected chi connectivity index (χ0v) is 12.1. The minimum absolute atomic E-state index is 0.0109. The van der Waals surface area contributed by atoms with E-state index in [1.165, 1.54) is 0 Å². The quantitative estimate of drug-likeness (QED) is 0.752. The fourth-order valence-corrected chi connectivity index (χ4v) is 3.03. The first kappa shape index (κ1) is 15.3. The zero-order chi connectivity index (χ0) is 14.5. The minimum Gasteiger partial charge on any atom is -0.376 e. The summed E-state index contributed by atoms with van der Waals surface area (Å²) < 4.78 is 5.46. The van der Waals surface area contributed by atoms with Gasteiger partial charge in [-0.2, -0.15) is 0 Å². The molecule has 2 rings (SSSR count). The van der Waals surface area contributed by atoms with Crippen molar-refractivity contribution in [3.63, 3.8) is 0 Å². The van der Waals surface area contributed by atoms with Crippen molar-refractivity contribution in [3.8, 4) is 0 Å². The number of nitrogens with two attached hydrogens (primary N) is 1. The summed E-state index contributed by atoms with van der Waals surface area (Å²) in [4.78, 5) is 25.2. The van der Waals surface area contributed by atoms with E-state index in [0.29, 0.717) is 13.2 Å². The molecular formula is C14H25N3O3. The van der Waals surface area contributed by atoms with Crippen molar-refractivity contribution in [2.45, 2.75) is 44.8 Å². The van der Waals surface area contributed by atoms with Gasteiger partial charge in [0, 0.05) is 25.0 Å². The number of rotatable bonds is 4. The minimum atomic E-state index is -0.211. The van der Waals surface area contributed by atoms with E-state index in [2.05, 4.69) is 10.2 Å². The molecule has 114 valence electrons. The first-order valence-corrected chi connectivity index (χ1v) is 7.47. The molecule has 0 spiro atoms. The Hall–Kier alpha value is -1.14. The molecular weight excluding hydrogens is 258 g/mol. The van der Waals surface area contributed by atoms with E-state index in [1.54, 1.807) is 0 Å². The summed E-state index contributed by atoms with van der Waals surface area (Å²) in [6.07, 6.45) is 3.46. The van der Waals surface area contributed by atoms with Crippen LogP contribution in [0.2, 0.25) is 0 Å². The van der Waals surface area contributed by atoms with Crippen molar-refractivity contribution in [2.75, 3.05) is 26.2 Å². The largest absolute Gasteiger partial charge is 0.376 e. The smallest absolute Gasteiger partial charge is 0.234 e. The average molecular weight is 283 g/mol. The number of nitrogens with zero attached hydrogens (tertiary/aromatic N) is 1. The topological polar surface area (TPSA) is 84.7 Å². The molecule has 0 aromatic heterocycles. The predicted octanol–water partition coefficient (Wildman–Crippen LogP) is -0.133. The van der Waals surface area contributed by atoms with E-state index in [1.807, 2.05) is 6.92 Å². The Morgan fingerprint density at radius 2 is 2.00 bits per heavy atom. The van der Waals surface area contributed by atoms with E-state index in [4.69, 9.17) is 10.5 Å². The maximum Gasteiger partial charge on any atom is 0.234 e. The standard InChI is InChI=1S/C14H25N3O3/c1-10-8-17(6-7-20-10)9-13(18)16-12-4-2-11(3-5-12)14(15)19/h10-12H,2-9H2,1H3,(H2,15,19)(H,16,18). The molecule has 2 fully saturated rings. The first-order valence-electron chi connectivity index (χ1n) is 7.47. The van der Waals surface area contributed by atoms with Gasteiger partial charge in [0.1, 0.15) is 0 Å². The molecule has 0 aromatic carbocycles. The Morgan fingerprint density at radius 1 is 1.30 bits per heavy atom. The van der Waals surface area contributed by atoms with Crippen LogP contribution in [0.15, 0.2) is 0 Å². The lowest BCUT2D eigenvalue weighted by Crippen LogP contribution is -2.48. The number of morpholine rings is 1. The highest BCUT2D eigenvalue weighted by Crippen LogP contribution is 2.23. The van der Waals surface area contributed by atoms with Crippen LogP contribution in [0.4, 0.5) is 0 Å². The second-order valence-corrected chi connectivity index (χ2v) is 5.93. The van der Waals surface area contributed by atoms with Crippen LogP contribution in [0.3, 0.4) is 0 Å². The molecule has 1 atom stereocenters. The third-order valence-corrected chi connectivity index (χ3v) is 4.19. The summed E-state index contributed by atoms with van der Waals surface area (Å²) in [6, 6.07) is 0.191. The molecule has 1 saturated carbocycles. The van der Waals surface area contributed by atoms with Gasteiger partial charge in [-0.3, -0.25) is 14.5 Å². The van der Waals surface area contributed by atoms with E-state index >= 15 is 0 Å². The van der Waals surface area contributed by atoms with Crippen molar-refractivity contribution in [1.29, 1.82) is 0 Å². The van der Waals surface area contributed by atoms with Gasteiger partial charge < -0.3 is 15.8 Å². The third kappa shape index (κ3) is 4.45. The van der Waals surface area contributed by atoms with Crippen LogP contribution in [0.5, 0.6) is 0 Å². The molecule has 0 radical (unpaired) electrons. The van der Waals surface area contributed by atoms with Crippen molar-refractivity contribution in [2.24, 2.45) is 11.7 Å². The molecule has 2 aliphatic rings. The SMILES string of the molecule is CC1CN(CC(=O)NC2CCC(C(N)=O)CC2)CCO1. The Balaban J connectivity index is 1.68. The number of hydrogen-bond donors (Lipinski definition) is 2. The fraction of sp³-hybridized carbons (Fsp3) is 0.857. The molecule has 1 saturated heterocycles. The van der Waals surface area contributed by atoms with E-state index in [-0.39, 0.29) is 29.9 Å². The van der Waals surface area contributed by atoms with Crippen LogP contribution < -0.4 is 11.1 Å². The van der Waals surface area contributed by atoms with Gasteiger partial charge in [-0.1, -0.05) is 0 Å². The molecule has 2 amide bonds. The predicted molar refractivity (Wildman–Crippen MR) is 74.9 cm³/mol. The summed E-state index contributed by atoms with van der Waals surface area (Å²) in [5.41, 5.74) is 5.31. The van der Waals surface area contributed by atoms with Crippen molar-refractivity contribution in [3.05, 3.63) is 0 Å². The molecule has 1 unspecified atom stereocenters. The molecule has 6 heteroatoms. The molecule has 1 heterocycles. The molecule has 3 N–H and O–H groups in total.